The molecule has 6 rings (SSSR count). The highest BCUT2D eigenvalue weighted by atomic mass is 35.5. The van der Waals surface area contributed by atoms with Crippen LogP contribution in [0.1, 0.15) is 35.2 Å². The van der Waals surface area contributed by atoms with Crippen molar-refractivity contribution >= 4 is 41.0 Å². The van der Waals surface area contributed by atoms with Gasteiger partial charge >= 0.3 is 6.03 Å². The predicted octanol–water partition coefficient (Wildman–Crippen LogP) is 5.08. The summed E-state index contributed by atoms with van der Waals surface area (Å²) >= 11 is 6.15. The van der Waals surface area contributed by atoms with E-state index in [-0.39, 0.29) is 18.9 Å². The summed E-state index contributed by atoms with van der Waals surface area (Å²) in [6.07, 6.45) is 0.0806. The zero-order chi connectivity index (χ0) is 27.6. The molecule has 3 heterocycles. The highest BCUT2D eigenvalue weighted by Crippen LogP contribution is 2.59. The minimum Gasteiger partial charge on any atom is -0.300 e. The normalized spacial score (nSPS) is 26.1. The summed E-state index contributed by atoms with van der Waals surface area (Å²) < 4.78 is 0. The molecule has 3 saturated heterocycles. The fraction of sp³-hybridized carbons (Fsp3) is 0.290. The largest absolute Gasteiger partial charge is 0.332 e. The molecule has 0 aliphatic carbocycles. The number of aryl methyl sites for hydroxylation is 2. The van der Waals surface area contributed by atoms with Crippen molar-refractivity contribution in [2.24, 2.45) is 11.8 Å². The Morgan fingerprint density at radius 2 is 1.38 bits per heavy atom. The van der Waals surface area contributed by atoms with E-state index in [0.29, 0.717) is 10.7 Å². The summed E-state index contributed by atoms with van der Waals surface area (Å²) in [7, 11) is 0. The lowest BCUT2D eigenvalue weighted by molar-refractivity contribution is -0.144. The van der Waals surface area contributed by atoms with Gasteiger partial charge in [0, 0.05) is 18.0 Å². The van der Waals surface area contributed by atoms with E-state index in [2.05, 4.69) is 0 Å². The molecule has 0 unspecified atom stereocenters. The SMILES string of the molecule is CCN1C(=O)[C@H]2[C@@H](c3ccc(C)cc3)N3C(=O)N(c4ccc(C)cc4)C(=O)[C@@]3(Cc3ccc(Cl)cc3)[C@H]2C1=O. The van der Waals surface area contributed by atoms with Crippen LogP contribution in [0.3, 0.4) is 0 Å². The van der Waals surface area contributed by atoms with Gasteiger partial charge in [0.1, 0.15) is 5.54 Å². The second-order valence-corrected chi connectivity index (χ2v) is 11.1. The van der Waals surface area contributed by atoms with E-state index in [9.17, 15) is 19.2 Å². The Kier molecular flexibility index (Phi) is 5.88. The van der Waals surface area contributed by atoms with Crippen LogP contribution in [0.4, 0.5) is 10.5 Å². The quantitative estimate of drug-likeness (QED) is 0.333. The minimum absolute atomic E-state index is 0.0806. The zero-order valence-corrected chi connectivity index (χ0v) is 22.7. The maximum atomic E-state index is 14.7. The Morgan fingerprint density at radius 3 is 1.97 bits per heavy atom. The molecule has 198 valence electrons. The minimum atomic E-state index is -1.58. The van der Waals surface area contributed by atoms with Gasteiger partial charge in [-0.1, -0.05) is 71.3 Å². The van der Waals surface area contributed by atoms with Crippen LogP contribution in [0.5, 0.6) is 0 Å². The molecular formula is C31H28ClN3O4. The Morgan fingerprint density at radius 1 is 0.795 bits per heavy atom. The number of benzene rings is 3. The van der Waals surface area contributed by atoms with Crippen molar-refractivity contribution in [2.45, 2.75) is 38.8 Å². The molecule has 39 heavy (non-hydrogen) atoms. The highest BCUT2D eigenvalue weighted by molar-refractivity contribution is 6.30. The molecule has 0 bridgehead atoms. The van der Waals surface area contributed by atoms with Crippen LogP contribution in [0.15, 0.2) is 72.8 Å². The highest BCUT2D eigenvalue weighted by Gasteiger charge is 2.77. The topological polar surface area (TPSA) is 78.0 Å². The van der Waals surface area contributed by atoms with Gasteiger partial charge in [0.25, 0.3) is 5.91 Å². The standard InChI is InChI=1S/C31H28ClN3O4/c1-4-33-27(36)24-25(28(33)37)31(17-20-9-13-22(32)14-10-20)29(38)34(23-15-7-19(3)8-16-23)30(39)35(31)26(24)21-11-5-18(2)6-12-21/h5-16,24-26H,4,17H2,1-3H3/t24-,25-,26-,31-/m1/s1. The molecule has 7 nitrogen and oxygen atoms in total. The van der Waals surface area contributed by atoms with E-state index in [0.717, 1.165) is 22.3 Å². The Labute approximate surface area is 232 Å². The van der Waals surface area contributed by atoms with Crippen molar-refractivity contribution < 1.29 is 19.2 Å². The summed E-state index contributed by atoms with van der Waals surface area (Å²) in [4.78, 5) is 60.7. The van der Waals surface area contributed by atoms with E-state index in [4.69, 9.17) is 11.6 Å². The average molecular weight is 542 g/mol. The molecule has 3 aliphatic heterocycles. The van der Waals surface area contributed by atoms with Gasteiger partial charge in [-0.3, -0.25) is 19.3 Å². The second kappa shape index (κ2) is 9.06. The molecule has 3 aliphatic rings. The monoisotopic (exact) mass is 541 g/mol. The summed E-state index contributed by atoms with van der Waals surface area (Å²) in [5.41, 5.74) is 2.34. The molecule has 0 N–H and O–H groups in total. The van der Waals surface area contributed by atoms with Gasteiger partial charge in [0.15, 0.2) is 0 Å². The number of amides is 5. The first-order valence-corrected chi connectivity index (χ1v) is 13.5. The van der Waals surface area contributed by atoms with Gasteiger partial charge in [-0.2, -0.15) is 0 Å². The number of carbonyl (C=O) groups excluding carboxylic acids is 4. The number of nitrogens with zero attached hydrogens (tertiary/aromatic N) is 3. The van der Waals surface area contributed by atoms with Crippen molar-refractivity contribution in [3.8, 4) is 0 Å². The van der Waals surface area contributed by atoms with Crippen molar-refractivity contribution in [1.82, 2.24) is 9.80 Å². The third kappa shape index (κ3) is 3.56. The maximum Gasteiger partial charge on any atom is 0.332 e. The van der Waals surface area contributed by atoms with Crippen molar-refractivity contribution in [3.63, 3.8) is 0 Å². The summed E-state index contributed by atoms with van der Waals surface area (Å²) in [5, 5.41) is 0.536. The van der Waals surface area contributed by atoms with Gasteiger partial charge < -0.3 is 4.90 Å². The number of hydrogen-bond donors (Lipinski definition) is 0. The van der Waals surface area contributed by atoms with Crippen LogP contribution >= 0.6 is 11.6 Å². The Bertz CT molecular complexity index is 1500. The summed E-state index contributed by atoms with van der Waals surface area (Å²) in [6, 6.07) is 20.5. The van der Waals surface area contributed by atoms with E-state index in [1.54, 1.807) is 43.3 Å². The van der Waals surface area contributed by atoms with E-state index >= 15 is 0 Å². The van der Waals surface area contributed by atoms with Crippen LogP contribution in [-0.4, -0.2) is 45.6 Å². The lowest BCUT2D eigenvalue weighted by atomic mass is 9.75. The van der Waals surface area contributed by atoms with Crippen LogP contribution in [-0.2, 0) is 20.8 Å². The molecule has 0 saturated carbocycles. The molecule has 3 fully saturated rings. The molecule has 5 amide bonds. The third-order valence-electron chi connectivity index (χ3n) is 8.39. The van der Waals surface area contributed by atoms with Crippen LogP contribution in [0.25, 0.3) is 0 Å². The molecule has 3 aromatic rings. The van der Waals surface area contributed by atoms with E-state index < -0.39 is 41.3 Å². The number of carbonyl (C=O) groups is 4. The lowest BCUT2D eigenvalue weighted by Gasteiger charge is -2.35. The number of urea groups is 1. The van der Waals surface area contributed by atoms with Crippen molar-refractivity contribution in [2.75, 3.05) is 11.4 Å². The van der Waals surface area contributed by atoms with E-state index in [1.165, 1.54) is 14.7 Å². The lowest BCUT2D eigenvalue weighted by Crippen LogP contribution is -2.55. The first kappa shape index (κ1) is 25.3. The fourth-order valence-corrected chi connectivity index (χ4v) is 6.71. The van der Waals surface area contributed by atoms with Gasteiger partial charge in [-0.25, -0.2) is 9.69 Å². The zero-order valence-electron chi connectivity index (χ0n) is 21.9. The molecule has 4 atom stereocenters. The van der Waals surface area contributed by atoms with Gasteiger partial charge in [-0.15, -0.1) is 0 Å². The van der Waals surface area contributed by atoms with Crippen molar-refractivity contribution in [1.29, 1.82) is 0 Å². The van der Waals surface area contributed by atoms with Gasteiger partial charge in [0.05, 0.1) is 23.6 Å². The molecular weight excluding hydrogens is 514 g/mol. The number of likely N-dealkylation sites (tertiary alicyclic amines) is 1. The molecule has 8 heteroatoms. The molecule has 0 spiro atoms. The van der Waals surface area contributed by atoms with Gasteiger partial charge in [0.2, 0.25) is 11.8 Å². The van der Waals surface area contributed by atoms with Crippen LogP contribution in [0, 0.1) is 25.7 Å². The number of anilines is 1. The first-order chi connectivity index (χ1) is 18.7. The number of rotatable bonds is 5. The van der Waals surface area contributed by atoms with Crippen molar-refractivity contribution in [3.05, 3.63) is 100 Å². The molecule has 0 radical (unpaired) electrons. The average Bonchev–Trinajstić information content (AvgIpc) is 3.44. The number of hydrogen-bond acceptors (Lipinski definition) is 4. The predicted molar refractivity (Wildman–Crippen MR) is 147 cm³/mol. The fourth-order valence-electron chi connectivity index (χ4n) is 6.58. The Hall–Kier alpha value is -3.97. The summed E-state index contributed by atoms with van der Waals surface area (Å²) in [6.45, 7) is 5.84. The first-order valence-electron chi connectivity index (χ1n) is 13.1. The second-order valence-electron chi connectivity index (χ2n) is 10.6. The number of imide groups is 2. The van der Waals surface area contributed by atoms with E-state index in [1.807, 2.05) is 50.2 Å². The molecule has 0 aromatic heterocycles. The number of halogens is 1. The third-order valence-corrected chi connectivity index (χ3v) is 8.64. The Balaban J connectivity index is 1.60. The smallest absolute Gasteiger partial charge is 0.300 e. The van der Waals surface area contributed by atoms with Crippen LogP contribution < -0.4 is 4.90 Å². The maximum absolute atomic E-state index is 14.7. The van der Waals surface area contributed by atoms with Crippen LogP contribution in [0.2, 0.25) is 5.02 Å². The van der Waals surface area contributed by atoms with Gasteiger partial charge in [-0.05, 0) is 56.2 Å². The molecule has 3 aromatic carbocycles. The number of fused-ring (bicyclic) bond motifs is 3. The summed E-state index contributed by atoms with van der Waals surface area (Å²) in [5.74, 6) is -3.12.